The minimum Gasteiger partial charge on any atom is -0.326 e. The summed E-state index contributed by atoms with van der Waals surface area (Å²) in [6.45, 7) is 0.408. The van der Waals surface area contributed by atoms with Gasteiger partial charge in [0.25, 0.3) is 5.91 Å². The van der Waals surface area contributed by atoms with E-state index in [-0.39, 0.29) is 5.91 Å². The second kappa shape index (κ2) is 5.39. The summed E-state index contributed by atoms with van der Waals surface area (Å²) < 4.78 is 0. The highest BCUT2D eigenvalue weighted by Gasteiger charge is 2.13. The summed E-state index contributed by atoms with van der Waals surface area (Å²) in [5, 5.41) is 1.11. The molecule has 1 heterocycles. The summed E-state index contributed by atoms with van der Waals surface area (Å²) in [5.41, 5.74) is 7.58. The first-order chi connectivity index (χ1) is 8.72. The number of carbonyl (C=O) groups is 1. The summed E-state index contributed by atoms with van der Waals surface area (Å²) in [4.78, 5) is 15.9. The number of pyridine rings is 1. The smallest absolute Gasteiger partial charge is 0.272 e. The Morgan fingerprint density at radius 2 is 1.94 bits per heavy atom. The van der Waals surface area contributed by atoms with Gasteiger partial charge in [-0.05, 0) is 29.8 Å². The van der Waals surface area contributed by atoms with Crippen LogP contribution in [-0.2, 0) is 6.54 Å². The first-order valence-corrected chi connectivity index (χ1v) is 5.50. The molecule has 5 nitrogen and oxygen atoms in total. The third-order valence-electron chi connectivity index (χ3n) is 2.57. The Hall–Kier alpha value is -2.24. The Balaban J connectivity index is 2.25. The van der Waals surface area contributed by atoms with Crippen molar-refractivity contribution < 1.29 is 4.79 Å². The van der Waals surface area contributed by atoms with E-state index < -0.39 is 0 Å². The first-order valence-electron chi connectivity index (χ1n) is 5.50. The number of nitrogens with zero attached hydrogens (tertiary/aromatic N) is 2. The molecule has 0 aliphatic carbocycles. The molecule has 1 aromatic carbocycles. The van der Waals surface area contributed by atoms with Crippen molar-refractivity contribution in [2.75, 3.05) is 5.01 Å². The molecule has 1 aromatic heterocycles. The van der Waals surface area contributed by atoms with Gasteiger partial charge in [-0.15, -0.1) is 0 Å². The maximum atomic E-state index is 12.1. The Kier molecular flexibility index (Phi) is 3.66. The van der Waals surface area contributed by atoms with E-state index >= 15 is 0 Å². The lowest BCUT2D eigenvalue weighted by atomic mass is 10.2. The molecule has 0 bridgehead atoms. The van der Waals surface area contributed by atoms with Crippen LogP contribution in [0.2, 0.25) is 0 Å². The highest BCUT2D eigenvalue weighted by Crippen LogP contribution is 2.15. The third kappa shape index (κ3) is 2.53. The first kappa shape index (κ1) is 12.2. The molecule has 2 rings (SSSR count). The van der Waals surface area contributed by atoms with Crippen molar-refractivity contribution >= 4 is 11.6 Å². The van der Waals surface area contributed by atoms with Crippen LogP contribution >= 0.6 is 0 Å². The monoisotopic (exact) mass is 242 g/mol. The maximum Gasteiger partial charge on any atom is 0.272 e. The molecule has 18 heavy (non-hydrogen) atoms. The summed E-state index contributed by atoms with van der Waals surface area (Å²) in [7, 11) is 0. The summed E-state index contributed by atoms with van der Waals surface area (Å²) in [6.07, 6.45) is 3.11. The number of aromatic nitrogens is 1. The predicted molar refractivity (Wildman–Crippen MR) is 69.6 cm³/mol. The normalized spacial score (nSPS) is 10.1. The second-order valence-electron chi connectivity index (χ2n) is 3.79. The molecule has 1 amide bonds. The molecule has 92 valence electrons. The van der Waals surface area contributed by atoms with Crippen molar-refractivity contribution in [3.05, 3.63) is 59.9 Å². The largest absolute Gasteiger partial charge is 0.326 e. The molecule has 0 saturated heterocycles. The van der Waals surface area contributed by atoms with Gasteiger partial charge in [-0.3, -0.25) is 9.78 Å². The van der Waals surface area contributed by atoms with Crippen LogP contribution in [0.1, 0.15) is 15.9 Å². The molecular formula is C13H14N4O. The zero-order valence-corrected chi connectivity index (χ0v) is 9.78. The third-order valence-corrected chi connectivity index (χ3v) is 2.57. The van der Waals surface area contributed by atoms with E-state index in [0.717, 1.165) is 10.6 Å². The van der Waals surface area contributed by atoms with Crippen LogP contribution in [-0.4, -0.2) is 10.9 Å². The quantitative estimate of drug-likeness (QED) is 0.479. The molecule has 0 radical (unpaired) electrons. The Labute approximate surface area is 105 Å². The zero-order valence-electron chi connectivity index (χ0n) is 9.78. The van der Waals surface area contributed by atoms with E-state index in [4.69, 9.17) is 11.6 Å². The number of rotatable bonds is 3. The van der Waals surface area contributed by atoms with E-state index in [2.05, 4.69) is 4.98 Å². The number of hydrogen-bond donors (Lipinski definition) is 2. The van der Waals surface area contributed by atoms with Gasteiger partial charge in [-0.1, -0.05) is 12.1 Å². The maximum absolute atomic E-state index is 12.1. The van der Waals surface area contributed by atoms with Crippen molar-refractivity contribution in [1.82, 2.24) is 4.98 Å². The van der Waals surface area contributed by atoms with E-state index in [0.29, 0.717) is 17.8 Å². The number of hydrazine groups is 1. The van der Waals surface area contributed by atoms with Crippen LogP contribution in [0.15, 0.2) is 48.8 Å². The lowest BCUT2D eigenvalue weighted by Gasteiger charge is -2.17. The molecule has 0 aliphatic heterocycles. The van der Waals surface area contributed by atoms with Gasteiger partial charge in [0.05, 0.1) is 5.69 Å². The molecule has 5 heteroatoms. The minimum atomic E-state index is -0.286. The lowest BCUT2D eigenvalue weighted by Crippen LogP contribution is -2.37. The summed E-state index contributed by atoms with van der Waals surface area (Å²) >= 11 is 0. The molecule has 2 aromatic rings. The Morgan fingerprint density at radius 1 is 1.22 bits per heavy atom. The van der Waals surface area contributed by atoms with Crippen LogP contribution < -0.4 is 16.6 Å². The molecule has 0 fully saturated rings. The van der Waals surface area contributed by atoms with Gasteiger partial charge >= 0.3 is 0 Å². The highest BCUT2D eigenvalue weighted by molar-refractivity contribution is 6.05. The molecule has 0 saturated carbocycles. The van der Waals surface area contributed by atoms with Gasteiger partial charge in [-0.25, -0.2) is 10.9 Å². The molecule has 0 unspecified atom stereocenters. The topological polar surface area (TPSA) is 85.2 Å². The number of anilines is 1. The summed E-state index contributed by atoms with van der Waals surface area (Å²) in [5.74, 6) is 5.53. The molecule has 4 N–H and O–H groups in total. The number of amides is 1. The van der Waals surface area contributed by atoms with Gasteiger partial charge in [0, 0.05) is 24.5 Å². The van der Waals surface area contributed by atoms with Gasteiger partial charge in [0.1, 0.15) is 0 Å². The van der Waals surface area contributed by atoms with Crippen molar-refractivity contribution in [3.8, 4) is 0 Å². The Morgan fingerprint density at radius 3 is 2.61 bits per heavy atom. The molecule has 0 atom stereocenters. The van der Waals surface area contributed by atoms with Crippen LogP contribution in [0.4, 0.5) is 5.69 Å². The highest BCUT2D eigenvalue weighted by atomic mass is 16.2. The summed E-state index contributed by atoms with van der Waals surface area (Å²) in [6, 6.07) is 10.5. The van der Waals surface area contributed by atoms with Gasteiger partial charge < -0.3 is 5.73 Å². The van der Waals surface area contributed by atoms with E-state index in [9.17, 15) is 4.79 Å². The van der Waals surface area contributed by atoms with E-state index in [1.807, 2.05) is 12.1 Å². The number of benzene rings is 1. The predicted octanol–water partition coefficient (Wildman–Crippen LogP) is 1.06. The average molecular weight is 242 g/mol. The van der Waals surface area contributed by atoms with Crippen molar-refractivity contribution in [2.24, 2.45) is 11.6 Å². The number of carbonyl (C=O) groups excluding carboxylic acids is 1. The van der Waals surface area contributed by atoms with Crippen molar-refractivity contribution in [2.45, 2.75) is 6.54 Å². The number of nitrogens with two attached hydrogens (primary N) is 2. The van der Waals surface area contributed by atoms with Crippen LogP contribution in [0.3, 0.4) is 0 Å². The minimum absolute atomic E-state index is 0.286. The molecule has 0 spiro atoms. The fraction of sp³-hybridized carbons (Fsp3) is 0.0769. The van der Waals surface area contributed by atoms with Crippen molar-refractivity contribution in [3.63, 3.8) is 0 Å². The van der Waals surface area contributed by atoms with Crippen molar-refractivity contribution in [1.29, 1.82) is 0 Å². The fourth-order valence-electron chi connectivity index (χ4n) is 1.58. The lowest BCUT2D eigenvalue weighted by molar-refractivity contribution is 0.0987. The zero-order chi connectivity index (χ0) is 13.0. The van der Waals surface area contributed by atoms with Crippen LogP contribution in [0, 0.1) is 0 Å². The molecular weight excluding hydrogens is 228 g/mol. The van der Waals surface area contributed by atoms with E-state index in [1.165, 1.54) is 0 Å². The average Bonchev–Trinajstić information content (AvgIpc) is 2.46. The van der Waals surface area contributed by atoms with Crippen LogP contribution in [0.5, 0.6) is 0 Å². The SMILES string of the molecule is NCc1cccc(N(N)C(=O)c2ccncc2)c1. The number of hydrogen-bond acceptors (Lipinski definition) is 4. The van der Waals surface area contributed by atoms with Crippen LogP contribution in [0.25, 0.3) is 0 Å². The fourth-order valence-corrected chi connectivity index (χ4v) is 1.58. The van der Waals surface area contributed by atoms with Gasteiger partial charge in [-0.2, -0.15) is 0 Å². The Bertz CT molecular complexity index is 542. The molecule has 0 aliphatic rings. The second-order valence-corrected chi connectivity index (χ2v) is 3.79. The van der Waals surface area contributed by atoms with E-state index in [1.54, 1.807) is 36.7 Å². The van der Waals surface area contributed by atoms with Gasteiger partial charge in [0.15, 0.2) is 0 Å². The standard InChI is InChI=1S/C13H14N4O/c14-9-10-2-1-3-12(8-10)17(15)13(18)11-4-6-16-7-5-11/h1-8H,9,14-15H2. The van der Waals surface area contributed by atoms with Gasteiger partial charge in [0.2, 0.25) is 0 Å².